The Bertz CT molecular complexity index is 2690. The Morgan fingerprint density at radius 3 is 2.16 bits per heavy atom. The van der Waals surface area contributed by atoms with Gasteiger partial charge in [0.05, 0.1) is 37.4 Å². The maximum atomic E-state index is 14.7. The van der Waals surface area contributed by atoms with Gasteiger partial charge < -0.3 is 29.0 Å². The lowest BCUT2D eigenvalue weighted by atomic mass is 9.82. The molecule has 1 saturated heterocycles. The van der Waals surface area contributed by atoms with Gasteiger partial charge in [0.1, 0.15) is 12.3 Å². The number of likely N-dealkylation sites (tertiary alicyclic amines) is 1. The van der Waals surface area contributed by atoms with E-state index in [0.717, 1.165) is 35.3 Å². The molecule has 0 aliphatic carbocycles. The summed E-state index contributed by atoms with van der Waals surface area (Å²) in [6, 6.07) is 23.4. The minimum Gasteiger partial charge on any atom is -0.859 e. The van der Waals surface area contributed by atoms with Crippen LogP contribution < -0.4 is 31.4 Å². The average molecular weight is 830 g/mol. The van der Waals surface area contributed by atoms with Crippen molar-refractivity contribution < 1.29 is 19.8 Å². The largest absolute Gasteiger partial charge is 0.859 e. The Kier molecular flexibility index (Phi) is 10.1. The molecule has 16 heteroatoms. The van der Waals surface area contributed by atoms with E-state index < -0.39 is 28.8 Å². The van der Waals surface area contributed by atoms with Gasteiger partial charge in [0.25, 0.3) is 16.7 Å². The Labute approximate surface area is 339 Å². The Balaban J connectivity index is 1.32. The zero-order chi connectivity index (χ0) is 39.4. The maximum absolute atomic E-state index is 14.7. The van der Waals surface area contributed by atoms with Crippen LogP contribution in [0.5, 0.6) is 17.5 Å². The van der Waals surface area contributed by atoms with Crippen LogP contribution in [-0.4, -0.2) is 49.0 Å². The molecule has 56 heavy (non-hydrogen) atoms. The second-order valence-corrected chi connectivity index (χ2v) is 15.8. The monoisotopic (exact) mass is 828 g/mol. The number of H-pyrrole nitrogens is 2. The van der Waals surface area contributed by atoms with Crippen LogP contribution in [0.1, 0.15) is 46.2 Å². The third-order valence-corrected chi connectivity index (χ3v) is 11.8. The number of piperidine rings is 1. The van der Waals surface area contributed by atoms with Gasteiger partial charge in [-0.15, -0.1) is 0 Å². The summed E-state index contributed by atoms with van der Waals surface area (Å²) in [5, 5.41) is 27.6. The molecule has 8 rings (SSSR count). The van der Waals surface area contributed by atoms with Crippen LogP contribution in [0.4, 0.5) is 0 Å². The van der Waals surface area contributed by atoms with Gasteiger partial charge in [-0.1, -0.05) is 35.3 Å². The highest BCUT2D eigenvalue weighted by atomic mass is 35.5. The Morgan fingerprint density at radius 1 is 0.875 bits per heavy atom. The fourth-order valence-corrected chi connectivity index (χ4v) is 9.18. The minimum absolute atomic E-state index is 0.00921. The number of aromatic hydroxyl groups is 1. The first kappa shape index (κ1) is 37.7. The zero-order valence-corrected chi connectivity index (χ0v) is 32.9. The average Bonchev–Trinajstić information content (AvgIpc) is 3.16. The summed E-state index contributed by atoms with van der Waals surface area (Å²) >= 11 is 23.3. The highest BCUT2D eigenvalue weighted by molar-refractivity contribution is 7.71. The van der Waals surface area contributed by atoms with Crippen molar-refractivity contribution in [2.45, 2.75) is 31.3 Å². The molecule has 0 spiro atoms. The first-order valence-electron chi connectivity index (χ1n) is 17.8. The summed E-state index contributed by atoms with van der Waals surface area (Å²) in [4.78, 5) is 47.4. The molecule has 5 heterocycles. The number of fused-ring (bicyclic) bond motifs is 4. The van der Waals surface area contributed by atoms with Crippen molar-refractivity contribution in [3.8, 4) is 28.9 Å². The number of halogens is 2. The van der Waals surface area contributed by atoms with Gasteiger partial charge in [-0.3, -0.25) is 28.9 Å². The van der Waals surface area contributed by atoms with Crippen molar-refractivity contribution in [3.63, 3.8) is 0 Å². The molecular weight excluding hydrogens is 796 g/mol. The second kappa shape index (κ2) is 15.0. The zero-order valence-electron chi connectivity index (χ0n) is 29.8. The molecule has 12 nitrogen and oxygen atoms in total. The van der Waals surface area contributed by atoms with Crippen LogP contribution in [0, 0.1) is 15.5 Å². The highest BCUT2D eigenvalue weighted by Gasteiger charge is 2.38. The van der Waals surface area contributed by atoms with E-state index in [1.807, 2.05) is 16.7 Å². The topological polar surface area (TPSA) is 155 Å². The normalized spacial score (nSPS) is 17.9. The standard InChI is InChI=1S/C40H34Cl2N6O6S2/c1-54-30-14-5-22(16-24(30)20-45-17-21-15-23(19-45)29-3-2-4-31(49)46(29)18-21)32(33-35(50)43-39(55)47(37(33)52)27-10-6-25(41)7-11-27)34-36(51)44-40(56)48(38(34)53)28-12-8-26(42)9-13-28/h2-14,16,21,23,32,52-53H,15,17-20H2,1H3,(H,43,50,55)(H,44,51,56). The maximum Gasteiger partial charge on any atom is 0.259 e. The molecule has 286 valence electrons. The van der Waals surface area contributed by atoms with Gasteiger partial charge in [0, 0.05) is 57.0 Å². The van der Waals surface area contributed by atoms with E-state index in [0.29, 0.717) is 45.8 Å². The molecule has 2 aliphatic heterocycles. The molecule has 0 amide bonds. The van der Waals surface area contributed by atoms with Gasteiger partial charge in [-0.2, -0.15) is 0 Å². The van der Waals surface area contributed by atoms with Crippen LogP contribution in [0.2, 0.25) is 10.0 Å². The van der Waals surface area contributed by atoms with Gasteiger partial charge in [-0.05, 0) is 109 Å². The fourth-order valence-electron chi connectivity index (χ4n) is 8.37. The molecule has 4 N–H and O–H groups in total. The molecule has 0 saturated carbocycles. The van der Waals surface area contributed by atoms with Gasteiger partial charge in [0.15, 0.2) is 9.54 Å². The summed E-state index contributed by atoms with van der Waals surface area (Å²) in [6.07, 6.45) is 0.988. The summed E-state index contributed by atoms with van der Waals surface area (Å²) in [7, 11) is 1.56. The van der Waals surface area contributed by atoms with E-state index in [2.05, 4.69) is 9.97 Å². The van der Waals surface area contributed by atoms with Crippen molar-refractivity contribution in [2.75, 3.05) is 20.2 Å². The predicted octanol–water partition coefficient (Wildman–Crippen LogP) is 4.74. The molecule has 4 atom stereocenters. The molecule has 6 aromatic rings. The number of nitrogens with zero attached hydrogens (tertiary/aromatic N) is 3. The third kappa shape index (κ3) is 6.81. The van der Waals surface area contributed by atoms with Crippen molar-refractivity contribution in [3.05, 3.63) is 164 Å². The Hall–Kier alpha value is -5.25. The molecule has 3 aromatic carbocycles. The van der Waals surface area contributed by atoms with E-state index in [1.54, 1.807) is 79.9 Å². The number of ether oxygens (including phenoxy) is 1. The molecule has 3 aromatic heterocycles. The number of hydrogen-bond donors (Lipinski definition) is 4. The van der Waals surface area contributed by atoms with E-state index in [4.69, 9.17) is 52.4 Å². The summed E-state index contributed by atoms with van der Waals surface area (Å²) in [5.41, 5.74) is 0.550. The number of methoxy groups -OCH3 is 1. The lowest BCUT2D eigenvalue weighted by Gasteiger charge is -2.40. The van der Waals surface area contributed by atoms with E-state index >= 15 is 0 Å². The van der Waals surface area contributed by atoms with Crippen molar-refractivity contribution in [1.29, 1.82) is 0 Å². The lowest BCUT2D eigenvalue weighted by Crippen LogP contribution is -3.13. The van der Waals surface area contributed by atoms with Gasteiger partial charge >= 0.3 is 0 Å². The van der Waals surface area contributed by atoms with Gasteiger partial charge in [-0.25, -0.2) is 0 Å². The van der Waals surface area contributed by atoms with E-state index in [9.17, 15) is 24.6 Å². The van der Waals surface area contributed by atoms with Gasteiger partial charge in [0.2, 0.25) is 5.88 Å². The van der Waals surface area contributed by atoms with Crippen LogP contribution in [0.25, 0.3) is 11.4 Å². The molecule has 0 radical (unpaired) electrons. The molecule has 1 fully saturated rings. The number of pyridine rings is 1. The number of aromatic nitrogens is 5. The van der Waals surface area contributed by atoms with Crippen molar-refractivity contribution in [1.82, 2.24) is 23.7 Å². The summed E-state index contributed by atoms with van der Waals surface area (Å²) in [6.45, 7) is 2.72. The van der Waals surface area contributed by atoms with E-state index in [-0.39, 0.29) is 38.1 Å². The Morgan fingerprint density at radius 2 is 1.50 bits per heavy atom. The number of rotatable bonds is 8. The minimum atomic E-state index is -1.43. The van der Waals surface area contributed by atoms with Crippen molar-refractivity contribution in [2.24, 2.45) is 5.92 Å². The summed E-state index contributed by atoms with van der Waals surface area (Å²) < 4.78 is 9.83. The first-order chi connectivity index (χ1) is 26.9. The number of hydrogen-bond acceptors (Lipinski definition) is 8. The first-order valence-corrected chi connectivity index (χ1v) is 19.4. The number of aromatic amines is 2. The van der Waals surface area contributed by atoms with Crippen LogP contribution in [0.15, 0.2) is 99.3 Å². The van der Waals surface area contributed by atoms with Crippen LogP contribution >= 0.6 is 47.6 Å². The molecule has 2 aliphatic rings. The van der Waals surface area contributed by atoms with Crippen LogP contribution in [0.3, 0.4) is 0 Å². The summed E-state index contributed by atoms with van der Waals surface area (Å²) in [5.74, 6) is -1.77. The quantitative estimate of drug-likeness (QED) is 0.161. The third-order valence-electron chi connectivity index (χ3n) is 10.7. The smallest absolute Gasteiger partial charge is 0.259 e. The fraction of sp³-hybridized carbons (Fsp3) is 0.225. The second-order valence-electron chi connectivity index (χ2n) is 14.1. The SMILES string of the molecule is COc1ccc(C(c2c([O-])n(-c3ccc(Cl)cc3)c(=S)[nH]c2=O)c2c(O)n(-c3ccc(Cl)cc3)c(=S)[nH]c2=O)cc1C[NH+]1CC2CC(C1)c1cccc(=O)n1C2. The number of benzene rings is 3. The number of nitrogens with one attached hydrogen (secondary N) is 3. The van der Waals surface area contributed by atoms with E-state index in [1.165, 1.54) is 9.47 Å². The molecular formula is C40H34Cl2N6O6S2. The molecule has 4 unspecified atom stereocenters. The lowest BCUT2D eigenvalue weighted by molar-refractivity contribution is -0.924. The molecule has 2 bridgehead atoms. The number of quaternary nitrogens is 1. The van der Waals surface area contributed by atoms with Crippen LogP contribution in [-0.2, 0) is 13.1 Å². The van der Waals surface area contributed by atoms with Crippen molar-refractivity contribution >= 4 is 47.6 Å². The highest BCUT2D eigenvalue weighted by Crippen LogP contribution is 2.39. The predicted molar refractivity (Wildman–Crippen MR) is 215 cm³/mol.